The Kier molecular flexibility index (Phi) is 7.39. The highest BCUT2D eigenvalue weighted by atomic mass is 35.5. The third kappa shape index (κ3) is 6.11. The first kappa shape index (κ1) is 24.3. The summed E-state index contributed by atoms with van der Waals surface area (Å²) in [5.41, 5.74) is -2.36. The Morgan fingerprint density at radius 1 is 1.12 bits per heavy atom. The van der Waals surface area contributed by atoms with Gasteiger partial charge in [-0.25, -0.2) is 17.6 Å². The average Bonchev–Trinajstić information content (AvgIpc) is 3.14. The second-order valence-corrected chi connectivity index (χ2v) is 7.29. The van der Waals surface area contributed by atoms with Crippen LogP contribution in [0.4, 0.5) is 28.9 Å². The van der Waals surface area contributed by atoms with Gasteiger partial charge in [-0.2, -0.15) is 5.10 Å². The summed E-state index contributed by atoms with van der Waals surface area (Å²) in [6.07, 6.45) is -6.26. The molecular weight excluding hydrogens is 495 g/mol. The molecule has 1 aromatic heterocycles. The molecule has 0 aliphatic rings. The largest absolute Gasteiger partial charge is 0.455 e. The molecule has 0 radical (unpaired) electrons. The number of hydrogen-bond acceptors (Lipinski definition) is 5. The van der Waals surface area contributed by atoms with Gasteiger partial charge in [0.1, 0.15) is 29.4 Å². The fraction of sp³-hybridized carbons (Fsp3) is 0.158. The van der Waals surface area contributed by atoms with Crippen LogP contribution in [-0.2, 0) is 11.3 Å². The fourth-order valence-electron chi connectivity index (χ4n) is 2.70. The number of nitrogens with one attached hydrogen (secondary N) is 1. The minimum absolute atomic E-state index is 0.0731. The Bertz CT molecular complexity index is 1210. The molecule has 0 aliphatic carbocycles. The van der Waals surface area contributed by atoms with Crippen molar-refractivity contribution in [2.45, 2.75) is 19.4 Å². The number of aromatic nitrogens is 2. The van der Waals surface area contributed by atoms with Crippen LogP contribution in [0.1, 0.15) is 24.2 Å². The molecule has 0 saturated carbocycles. The summed E-state index contributed by atoms with van der Waals surface area (Å²) in [7, 11) is 0. The van der Waals surface area contributed by atoms with Gasteiger partial charge in [0.2, 0.25) is 5.91 Å². The SMILES string of the molecule is O=C(Cn1nc(C(F)F)cc1C(F)F)Nc1cc(Oc2ccc(Cl)cc2Cl)cc([N+](=O)[O-])c1. The molecule has 1 amide bonds. The smallest absolute Gasteiger partial charge is 0.282 e. The molecule has 2 aromatic carbocycles. The van der Waals surface area contributed by atoms with Crippen LogP contribution in [0.5, 0.6) is 11.5 Å². The van der Waals surface area contributed by atoms with E-state index in [0.29, 0.717) is 15.8 Å². The average molecular weight is 507 g/mol. The second kappa shape index (κ2) is 10.0. The van der Waals surface area contributed by atoms with Crippen LogP contribution in [0, 0.1) is 10.1 Å². The molecule has 174 valence electrons. The van der Waals surface area contributed by atoms with Crippen LogP contribution in [0.15, 0.2) is 42.5 Å². The summed E-state index contributed by atoms with van der Waals surface area (Å²) in [4.78, 5) is 22.8. The molecule has 0 aliphatic heterocycles. The molecule has 1 N–H and O–H groups in total. The van der Waals surface area contributed by atoms with Crippen LogP contribution < -0.4 is 10.1 Å². The maximum absolute atomic E-state index is 13.1. The Morgan fingerprint density at radius 3 is 2.45 bits per heavy atom. The van der Waals surface area contributed by atoms with Crippen molar-refractivity contribution in [3.63, 3.8) is 0 Å². The van der Waals surface area contributed by atoms with Crippen molar-refractivity contribution >= 4 is 40.5 Å². The number of carbonyl (C=O) groups is 1. The van der Waals surface area contributed by atoms with E-state index in [1.807, 2.05) is 0 Å². The summed E-state index contributed by atoms with van der Waals surface area (Å²) in [6, 6.07) is 8.06. The Labute approximate surface area is 192 Å². The summed E-state index contributed by atoms with van der Waals surface area (Å²) in [5, 5.41) is 17.3. The highest BCUT2D eigenvalue weighted by Crippen LogP contribution is 2.34. The van der Waals surface area contributed by atoms with Crippen LogP contribution in [0.2, 0.25) is 10.0 Å². The van der Waals surface area contributed by atoms with E-state index in [9.17, 15) is 32.5 Å². The van der Waals surface area contributed by atoms with Gasteiger partial charge in [0.25, 0.3) is 18.5 Å². The van der Waals surface area contributed by atoms with Gasteiger partial charge in [0.15, 0.2) is 0 Å². The molecule has 14 heteroatoms. The monoisotopic (exact) mass is 506 g/mol. The van der Waals surface area contributed by atoms with Crippen molar-refractivity contribution in [2.24, 2.45) is 0 Å². The van der Waals surface area contributed by atoms with E-state index in [0.717, 1.165) is 12.1 Å². The van der Waals surface area contributed by atoms with E-state index in [1.165, 1.54) is 24.3 Å². The number of nitro benzene ring substituents is 1. The Balaban J connectivity index is 1.84. The lowest BCUT2D eigenvalue weighted by Crippen LogP contribution is -2.21. The highest BCUT2D eigenvalue weighted by Gasteiger charge is 2.23. The minimum atomic E-state index is -3.15. The number of non-ortho nitro benzene ring substituents is 1. The number of amides is 1. The summed E-state index contributed by atoms with van der Waals surface area (Å²) >= 11 is 11.8. The van der Waals surface area contributed by atoms with E-state index in [4.69, 9.17) is 27.9 Å². The number of ether oxygens (including phenoxy) is 1. The molecule has 8 nitrogen and oxygen atoms in total. The van der Waals surface area contributed by atoms with E-state index in [-0.39, 0.29) is 22.2 Å². The Hall–Kier alpha value is -3.38. The maximum atomic E-state index is 13.1. The quantitative estimate of drug-likeness (QED) is 0.216. The number of carbonyl (C=O) groups excluding carboxylic acids is 1. The lowest BCUT2D eigenvalue weighted by Gasteiger charge is -2.11. The topological polar surface area (TPSA) is 99.3 Å². The van der Waals surface area contributed by atoms with Crippen molar-refractivity contribution in [1.82, 2.24) is 9.78 Å². The molecule has 3 rings (SSSR count). The molecule has 0 unspecified atom stereocenters. The van der Waals surface area contributed by atoms with Crippen molar-refractivity contribution in [3.8, 4) is 11.5 Å². The van der Waals surface area contributed by atoms with Gasteiger partial charge in [-0.1, -0.05) is 23.2 Å². The molecule has 0 atom stereocenters. The van der Waals surface area contributed by atoms with Crippen molar-refractivity contribution < 1.29 is 32.0 Å². The number of hydrogen-bond donors (Lipinski definition) is 1. The van der Waals surface area contributed by atoms with Crippen molar-refractivity contribution in [2.75, 3.05) is 5.32 Å². The third-order valence-electron chi connectivity index (χ3n) is 4.08. The molecule has 3 aromatic rings. The van der Waals surface area contributed by atoms with Gasteiger partial charge in [0.05, 0.1) is 21.7 Å². The molecule has 0 spiro atoms. The van der Waals surface area contributed by atoms with Crippen molar-refractivity contribution in [1.29, 1.82) is 0 Å². The van der Waals surface area contributed by atoms with Crippen LogP contribution >= 0.6 is 23.2 Å². The van der Waals surface area contributed by atoms with E-state index < -0.39 is 47.3 Å². The molecule has 0 saturated heterocycles. The zero-order valence-corrected chi connectivity index (χ0v) is 17.7. The number of rotatable bonds is 8. The molecule has 1 heterocycles. The number of anilines is 1. The first-order valence-corrected chi connectivity index (χ1v) is 9.65. The second-order valence-electron chi connectivity index (χ2n) is 6.45. The van der Waals surface area contributed by atoms with E-state index in [2.05, 4.69) is 10.4 Å². The summed E-state index contributed by atoms with van der Waals surface area (Å²) in [6.45, 7) is -0.839. The minimum Gasteiger partial charge on any atom is -0.455 e. The first-order chi connectivity index (χ1) is 15.5. The fourth-order valence-corrected chi connectivity index (χ4v) is 3.15. The standard InChI is InChI=1S/C19H12Cl2F4N4O4/c20-9-1-2-16(13(21)3-9)33-12-5-10(4-11(6-12)29(31)32)26-17(30)8-28-15(19(24)25)7-14(27-28)18(22)23/h1-7,18-19H,8H2,(H,26,30). The summed E-state index contributed by atoms with van der Waals surface area (Å²) in [5.74, 6) is -0.899. The normalized spacial score (nSPS) is 11.2. The van der Waals surface area contributed by atoms with Gasteiger partial charge in [-0.15, -0.1) is 0 Å². The number of nitro groups is 1. The van der Waals surface area contributed by atoms with Gasteiger partial charge in [0, 0.05) is 17.2 Å². The number of alkyl halides is 4. The summed E-state index contributed by atoms with van der Waals surface area (Å²) < 4.78 is 57.7. The predicted octanol–water partition coefficient (Wildman–Crippen LogP) is 6.40. The van der Waals surface area contributed by atoms with Crippen LogP contribution in [-0.4, -0.2) is 20.6 Å². The predicted molar refractivity (Wildman–Crippen MR) is 110 cm³/mol. The van der Waals surface area contributed by atoms with Gasteiger partial charge in [-0.05, 0) is 24.3 Å². The third-order valence-corrected chi connectivity index (χ3v) is 4.61. The zero-order valence-electron chi connectivity index (χ0n) is 16.1. The maximum Gasteiger partial charge on any atom is 0.282 e. The van der Waals surface area contributed by atoms with Crippen molar-refractivity contribution in [3.05, 3.63) is 74.0 Å². The lowest BCUT2D eigenvalue weighted by molar-refractivity contribution is -0.384. The molecular formula is C19H12Cl2F4N4O4. The Morgan fingerprint density at radius 2 is 1.85 bits per heavy atom. The molecule has 0 bridgehead atoms. The molecule has 33 heavy (non-hydrogen) atoms. The van der Waals surface area contributed by atoms with E-state index in [1.54, 1.807) is 0 Å². The first-order valence-electron chi connectivity index (χ1n) is 8.89. The van der Waals surface area contributed by atoms with Crippen LogP contribution in [0.25, 0.3) is 0 Å². The van der Waals surface area contributed by atoms with Gasteiger partial charge >= 0.3 is 0 Å². The molecule has 0 fully saturated rings. The lowest BCUT2D eigenvalue weighted by atomic mass is 10.2. The number of benzene rings is 2. The number of halogens is 6. The number of nitrogens with zero attached hydrogens (tertiary/aromatic N) is 3. The highest BCUT2D eigenvalue weighted by molar-refractivity contribution is 6.35. The van der Waals surface area contributed by atoms with Gasteiger partial charge in [-0.3, -0.25) is 19.6 Å². The zero-order chi connectivity index (χ0) is 24.3. The van der Waals surface area contributed by atoms with Gasteiger partial charge < -0.3 is 10.1 Å². The van der Waals surface area contributed by atoms with E-state index >= 15 is 0 Å². The van der Waals surface area contributed by atoms with Crippen LogP contribution in [0.3, 0.4) is 0 Å².